The van der Waals surface area contributed by atoms with Crippen LogP contribution in [0.1, 0.15) is 35.4 Å². The summed E-state index contributed by atoms with van der Waals surface area (Å²) in [7, 11) is 1.51. The Balaban J connectivity index is 1.54. The van der Waals surface area contributed by atoms with Gasteiger partial charge in [0.25, 0.3) is 5.91 Å². The summed E-state index contributed by atoms with van der Waals surface area (Å²) < 4.78 is 5.22. The molecule has 218 valence electrons. The summed E-state index contributed by atoms with van der Waals surface area (Å²) in [5.74, 6) is -3.83. The lowest BCUT2D eigenvalue weighted by Gasteiger charge is -2.23. The van der Waals surface area contributed by atoms with Crippen molar-refractivity contribution in [1.29, 1.82) is 0 Å². The second-order valence-corrected chi connectivity index (χ2v) is 10.3. The van der Waals surface area contributed by atoms with Crippen LogP contribution in [0.5, 0.6) is 5.75 Å². The number of Topliss-reactive ketones (excluding diaryl/α,β-unsaturated/α-hetero) is 1. The molecule has 0 aromatic heterocycles. The van der Waals surface area contributed by atoms with Crippen LogP contribution in [0, 0.1) is 5.41 Å². The summed E-state index contributed by atoms with van der Waals surface area (Å²) in [5, 5.41) is 8.07. The second-order valence-electron chi connectivity index (χ2n) is 10.3. The first-order valence-electron chi connectivity index (χ1n) is 13.7. The summed E-state index contributed by atoms with van der Waals surface area (Å²) in [6.45, 7) is -0.00197. The topological polar surface area (TPSA) is 157 Å². The Hall–Kier alpha value is -4.99. The summed E-state index contributed by atoms with van der Waals surface area (Å²) >= 11 is 0. The van der Waals surface area contributed by atoms with E-state index in [9.17, 15) is 24.0 Å². The number of benzene rings is 3. The molecule has 0 heterocycles. The number of nitrogens with one attached hydrogen (secondary N) is 3. The number of hydrogen-bond acceptors (Lipinski definition) is 6. The fraction of sp³-hybridized carbons (Fsp3) is 0.281. The number of hydrogen-bond donors (Lipinski definition) is 4. The molecular formula is C32H34N4O6. The zero-order valence-corrected chi connectivity index (χ0v) is 23.3. The third kappa shape index (κ3) is 7.39. The van der Waals surface area contributed by atoms with Crippen molar-refractivity contribution >= 4 is 29.4 Å². The number of amides is 4. The first-order valence-corrected chi connectivity index (χ1v) is 13.7. The van der Waals surface area contributed by atoms with Crippen LogP contribution in [0.2, 0.25) is 0 Å². The molecular weight excluding hydrogens is 536 g/mol. The summed E-state index contributed by atoms with van der Waals surface area (Å²) in [4.78, 5) is 64.7. The van der Waals surface area contributed by atoms with Gasteiger partial charge >= 0.3 is 0 Å². The Morgan fingerprint density at radius 1 is 0.833 bits per heavy atom. The lowest BCUT2D eigenvalue weighted by molar-refractivity contribution is -0.140. The molecule has 1 fully saturated rings. The molecule has 2 atom stereocenters. The monoisotopic (exact) mass is 570 g/mol. The van der Waals surface area contributed by atoms with Gasteiger partial charge in [-0.1, -0.05) is 72.8 Å². The minimum atomic E-state index is -1.26. The Bertz CT molecular complexity index is 1420. The van der Waals surface area contributed by atoms with Gasteiger partial charge in [0, 0.05) is 19.5 Å². The van der Waals surface area contributed by atoms with Gasteiger partial charge < -0.3 is 26.4 Å². The van der Waals surface area contributed by atoms with Gasteiger partial charge in [-0.15, -0.1) is 0 Å². The first-order chi connectivity index (χ1) is 20.2. The van der Waals surface area contributed by atoms with Gasteiger partial charge in [-0.2, -0.15) is 0 Å². The van der Waals surface area contributed by atoms with E-state index in [0.717, 1.165) is 11.1 Å². The minimum absolute atomic E-state index is 0.0800. The maximum atomic E-state index is 13.7. The van der Waals surface area contributed by atoms with E-state index < -0.39 is 46.8 Å². The van der Waals surface area contributed by atoms with Gasteiger partial charge in [-0.05, 0) is 41.7 Å². The van der Waals surface area contributed by atoms with Crippen LogP contribution in [0.3, 0.4) is 0 Å². The molecule has 10 nitrogen and oxygen atoms in total. The van der Waals surface area contributed by atoms with E-state index in [2.05, 4.69) is 16.0 Å². The second kappa shape index (κ2) is 13.6. The molecule has 42 heavy (non-hydrogen) atoms. The third-order valence-electron chi connectivity index (χ3n) is 7.39. The standard InChI is InChI=1S/C32H34N4O6/c1-42-24-14-12-23(13-15-24)25(20-35-31(41)32(16-17-32)30(33)40)28(38)36-26(18-21-8-4-2-5-9-21)27(37)29(39)34-19-22-10-6-3-7-11-22/h2-15,25-26H,16-20H2,1H3,(H2,33,40)(H,34,39)(H,35,41)(H,36,38)/t25-,26-/m0/s1. The van der Waals surface area contributed by atoms with E-state index in [1.165, 1.54) is 7.11 Å². The van der Waals surface area contributed by atoms with Crippen molar-refractivity contribution in [2.75, 3.05) is 13.7 Å². The zero-order chi connectivity index (χ0) is 30.1. The van der Waals surface area contributed by atoms with Crippen molar-refractivity contribution in [3.05, 3.63) is 102 Å². The highest BCUT2D eigenvalue weighted by molar-refractivity contribution is 6.38. The molecule has 5 N–H and O–H groups in total. The van der Waals surface area contributed by atoms with Crippen LogP contribution in [0.25, 0.3) is 0 Å². The lowest BCUT2D eigenvalue weighted by atomic mass is 9.95. The summed E-state index contributed by atoms with van der Waals surface area (Å²) in [6, 6.07) is 23.7. The van der Waals surface area contributed by atoms with E-state index in [4.69, 9.17) is 10.5 Å². The SMILES string of the molecule is COc1ccc([C@H](CNC(=O)C2(C(N)=O)CC2)C(=O)N[C@@H](Cc2ccccc2)C(=O)C(=O)NCc2ccccc2)cc1. The van der Waals surface area contributed by atoms with E-state index in [1.807, 2.05) is 36.4 Å². The van der Waals surface area contributed by atoms with Crippen LogP contribution in [0.4, 0.5) is 0 Å². The number of carbonyl (C=O) groups is 5. The number of nitrogens with two attached hydrogens (primary N) is 1. The maximum Gasteiger partial charge on any atom is 0.289 e. The molecule has 0 bridgehead atoms. The average Bonchev–Trinajstić information content (AvgIpc) is 3.83. The number of ether oxygens (including phenoxy) is 1. The molecule has 0 spiro atoms. The molecule has 1 aliphatic rings. The molecule has 3 aromatic rings. The van der Waals surface area contributed by atoms with E-state index in [0.29, 0.717) is 24.2 Å². The molecule has 4 amide bonds. The fourth-order valence-electron chi connectivity index (χ4n) is 4.63. The van der Waals surface area contributed by atoms with Crippen LogP contribution < -0.4 is 26.4 Å². The number of ketones is 1. The normalized spacial score (nSPS) is 14.5. The Labute approximate surface area is 244 Å². The van der Waals surface area contributed by atoms with Crippen molar-refractivity contribution in [2.45, 2.75) is 37.8 Å². The van der Waals surface area contributed by atoms with Crippen molar-refractivity contribution in [1.82, 2.24) is 16.0 Å². The Morgan fingerprint density at radius 3 is 1.98 bits per heavy atom. The van der Waals surface area contributed by atoms with Gasteiger partial charge in [0.1, 0.15) is 17.2 Å². The molecule has 3 aromatic carbocycles. The lowest BCUT2D eigenvalue weighted by Crippen LogP contribution is -2.51. The molecule has 0 radical (unpaired) electrons. The van der Waals surface area contributed by atoms with Crippen LogP contribution in [-0.4, -0.2) is 49.1 Å². The molecule has 10 heteroatoms. The van der Waals surface area contributed by atoms with Crippen LogP contribution >= 0.6 is 0 Å². The highest BCUT2D eigenvalue weighted by Gasteiger charge is 2.55. The van der Waals surface area contributed by atoms with Gasteiger partial charge in [0.05, 0.1) is 13.0 Å². The molecule has 4 rings (SSSR count). The number of carbonyl (C=O) groups excluding carboxylic acids is 5. The van der Waals surface area contributed by atoms with Crippen molar-refractivity contribution in [2.24, 2.45) is 11.1 Å². The largest absolute Gasteiger partial charge is 0.497 e. The van der Waals surface area contributed by atoms with E-state index >= 15 is 0 Å². The number of methoxy groups -OCH3 is 1. The predicted molar refractivity (Wildman–Crippen MR) is 155 cm³/mol. The smallest absolute Gasteiger partial charge is 0.289 e. The molecule has 0 saturated heterocycles. The molecule has 0 aliphatic heterocycles. The fourth-order valence-corrected chi connectivity index (χ4v) is 4.63. The number of rotatable bonds is 14. The third-order valence-corrected chi connectivity index (χ3v) is 7.39. The van der Waals surface area contributed by atoms with Gasteiger partial charge in [-0.25, -0.2) is 0 Å². The Kier molecular flexibility index (Phi) is 9.69. The van der Waals surface area contributed by atoms with Crippen LogP contribution in [0.15, 0.2) is 84.9 Å². The quantitative estimate of drug-likeness (QED) is 0.171. The van der Waals surface area contributed by atoms with Gasteiger partial charge in [-0.3, -0.25) is 24.0 Å². The summed E-state index contributed by atoms with van der Waals surface area (Å²) in [5.41, 5.74) is 6.29. The number of primary amides is 1. The Morgan fingerprint density at radius 2 is 1.43 bits per heavy atom. The van der Waals surface area contributed by atoms with Crippen molar-refractivity contribution in [3.8, 4) is 5.75 Å². The highest BCUT2D eigenvalue weighted by Crippen LogP contribution is 2.45. The minimum Gasteiger partial charge on any atom is -0.497 e. The maximum absolute atomic E-state index is 13.7. The summed E-state index contributed by atoms with van der Waals surface area (Å²) in [6.07, 6.45) is 0.773. The molecule has 1 aliphatic carbocycles. The average molecular weight is 571 g/mol. The highest BCUT2D eigenvalue weighted by atomic mass is 16.5. The van der Waals surface area contributed by atoms with E-state index in [-0.39, 0.29) is 19.5 Å². The molecule has 0 unspecified atom stereocenters. The first kappa shape index (κ1) is 30.0. The van der Waals surface area contributed by atoms with E-state index in [1.54, 1.807) is 48.5 Å². The van der Waals surface area contributed by atoms with Gasteiger partial charge in [0.2, 0.25) is 23.5 Å². The molecule has 1 saturated carbocycles. The zero-order valence-electron chi connectivity index (χ0n) is 23.3. The van der Waals surface area contributed by atoms with Crippen molar-refractivity contribution in [3.63, 3.8) is 0 Å². The van der Waals surface area contributed by atoms with Gasteiger partial charge in [0.15, 0.2) is 0 Å². The van der Waals surface area contributed by atoms with Crippen LogP contribution in [-0.2, 0) is 36.9 Å². The predicted octanol–water partition coefficient (Wildman–Crippen LogP) is 1.77. The van der Waals surface area contributed by atoms with Crippen molar-refractivity contribution < 1.29 is 28.7 Å².